The van der Waals surface area contributed by atoms with Crippen molar-refractivity contribution in [2.45, 2.75) is 13.5 Å². The first kappa shape index (κ1) is 23.2. The maximum Gasteiger partial charge on any atom is 0.166 e. The summed E-state index contributed by atoms with van der Waals surface area (Å²) in [6.45, 7) is 5.11. The molecule has 3 aromatic carbocycles. The summed E-state index contributed by atoms with van der Waals surface area (Å²) in [5.41, 5.74) is 4.39. The normalized spacial score (nSPS) is 14.4. The summed E-state index contributed by atoms with van der Waals surface area (Å²) in [6.07, 6.45) is 0. The van der Waals surface area contributed by atoms with E-state index in [1.54, 1.807) is 12.1 Å². The Morgan fingerprint density at radius 3 is 2.40 bits per heavy atom. The van der Waals surface area contributed by atoms with E-state index in [4.69, 9.17) is 4.74 Å². The predicted octanol–water partition coefficient (Wildman–Crippen LogP) is 5.50. The molecule has 0 unspecified atom stereocenters. The molecule has 4 aromatic rings. The zero-order chi connectivity index (χ0) is 24.5. The third kappa shape index (κ3) is 4.68. The number of aromatic nitrogens is 1. The highest BCUT2D eigenvalue weighted by Crippen LogP contribution is 2.37. The van der Waals surface area contributed by atoms with Gasteiger partial charge in [-0.2, -0.15) is 0 Å². The summed E-state index contributed by atoms with van der Waals surface area (Å²) in [5, 5.41) is 20.5. The van der Waals surface area contributed by atoms with Gasteiger partial charge in [0, 0.05) is 43.5 Å². The summed E-state index contributed by atoms with van der Waals surface area (Å²) in [6, 6.07) is 17.5. The van der Waals surface area contributed by atoms with Crippen LogP contribution in [-0.4, -0.2) is 52.6 Å². The minimum Gasteiger partial charge on any atom is -0.508 e. The van der Waals surface area contributed by atoms with Crippen LogP contribution >= 0.6 is 0 Å². The van der Waals surface area contributed by atoms with Crippen LogP contribution in [0.1, 0.15) is 11.1 Å². The van der Waals surface area contributed by atoms with Gasteiger partial charge in [0.15, 0.2) is 11.6 Å². The molecule has 1 aliphatic heterocycles. The van der Waals surface area contributed by atoms with Crippen molar-refractivity contribution in [2.24, 2.45) is 5.92 Å². The Hall–Kier alpha value is -3.58. The lowest BCUT2D eigenvalue weighted by Crippen LogP contribution is -2.49. The zero-order valence-electron chi connectivity index (χ0n) is 19.5. The maximum atomic E-state index is 14.3. The van der Waals surface area contributed by atoms with Crippen molar-refractivity contribution in [3.05, 3.63) is 77.6 Å². The Kier molecular flexibility index (Phi) is 6.34. The van der Waals surface area contributed by atoms with Gasteiger partial charge in [-0.15, -0.1) is 0 Å². The quantitative estimate of drug-likeness (QED) is 0.351. The van der Waals surface area contributed by atoms with Crippen molar-refractivity contribution >= 4 is 10.9 Å². The summed E-state index contributed by atoms with van der Waals surface area (Å²) in [7, 11) is 0. The van der Waals surface area contributed by atoms with E-state index in [0.29, 0.717) is 18.7 Å². The molecule has 0 radical (unpaired) electrons. The second-order valence-electron chi connectivity index (χ2n) is 9.20. The molecular formula is C28H28F2N2O3. The Labute approximate surface area is 202 Å². The van der Waals surface area contributed by atoms with E-state index in [0.717, 1.165) is 53.2 Å². The van der Waals surface area contributed by atoms with Crippen LogP contribution in [0.3, 0.4) is 0 Å². The van der Waals surface area contributed by atoms with Gasteiger partial charge in [0.2, 0.25) is 0 Å². The van der Waals surface area contributed by atoms with E-state index in [9.17, 15) is 19.0 Å². The molecule has 0 aliphatic carbocycles. The number of fused-ring (bicyclic) bond motifs is 1. The van der Waals surface area contributed by atoms with Crippen LogP contribution in [0.4, 0.5) is 8.78 Å². The van der Waals surface area contributed by atoms with Crippen LogP contribution in [0.25, 0.3) is 22.2 Å². The molecule has 0 spiro atoms. The van der Waals surface area contributed by atoms with Crippen molar-refractivity contribution in [2.75, 3.05) is 32.9 Å². The number of nitrogens with zero attached hydrogens (tertiary/aromatic N) is 2. The number of ether oxygens (including phenoxy) is 1. The summed E-state index contributed by atoms with van der Waals surface area (Å²) < 4.78 is 34.8. The second kappa shape index (κ2) is 9.58. The van der Waals surface area contributed by atoms with E-state index in [-0.39, 0.29) is 24.1 Å². The Morgan fingerprint density at radius 2 is 1.71 bits per heavy atom. The van der Waals surface area contributed by atoms with Crippen LogP contribution in [0.5, 0.6) is 17.2 Å². The number of likely N-dealkylation sites (tertiary alicyclic amines) is 1. The first-order valence-electron chi connectivity index (χ1n) is 11.7. The van der Waals surface area contributed by atoms with Gasteiger partial charge in [-0.25, -0.2) is 4.39 Å². The van der Waals surface area contributed by atoms with Crippen molar-refractivity contribution in [3.8, 4) is 28.5 Å². The van der Waals surface area contributed by atoms with Gasteiger partial charge < -0.3 is 19.5 Å². The molecule has 1 aromatic heterocycles. The summed E-state index contributed by atoms with van der Waals surface area (Å²) >= 11 is 0. The van der Waals surface area contributed by atoms with Crippen LogP contribution in [-0.2, 0) is 6.54 Å². The molecule has 1 aliphatic rings. The van der Waals surface area contributed by atoms with E-state index < -0.39 is 5.82 Å². The Bertz CT molecular complexity index is 1330. The fourth-order valence-electron chi connectivity index (χ4n) is 4.80. The number of hydrogen-bond donors (Lipinski definition) is 2. The highest BCUT2D eigenvalue weighted by atomic mass is 19.1. The first-order valence-corrected chi connectivity index (χ1v) is 11.7. The van der Waals surface area contributed by atoms with Crippen molar-refractivity contribution in [1.82, 2.24) is 9.47 Å². The number of rotatable bonds is 8. The van der Waals surface area contributed by atoms with E-state index in [1.165, 1.54) is 12.1 Å². The molecule has 2 N–H and O–H groups in total. The van der Waals surface area contributed by atoms with Crippen LogP contribution in [0, 0.1) is 18.7 Å². The van der Waals surface area contributed by atoms with Gasteiger partial charge in [0.05, 0.1) is 17.9 Å². The maximum absolute atomic E-state index is 14.3. The number of hydrogen-bond acceptors (Lipinski definition) is 4. The number of alkyl halides is 1. The van der Waals surface area contributed by atoms with E-state index in [2.05, 4.69) is 4.90 Å². The molecule has 1 fully saturated rings. The minimum atomic E-state index is -0.669. The Balaban J connectivity index is 1.38. The number of benzene rings is 3. The molecule has 1 saturated heterocycles. The highest BCUT2D eigenvalue weighted by Gasteiger charge is 2.25. The van der Waals surface area contributed by atoms with Crippen molar-refractivity contribution in [3.63, 3.8) is 0 Å². The number of phenols is 2. The molecule has 0 amide bonds. The topological polar surface area (TPSA) is 57.9 Å². The first-order chi connectivity index (χ1) is 16.9. The molecule has 35 heavy (non-hydrogen) atoms. The molecule has 5 rings (SSSR count). The van der Waals surface area contributed by atoms with Crippen LogP contribution in [0.15, 0.2) is 60.7 Å². The standard InChI is InChI=1S/C28H28F2N2O3/c1-18-24-12-27(34)25(30)13-26(24)32(28(18)21-4-6-22(33)7-5-21)17-19-2-8-23(9-3-19)35-11-10-31-15-20(14-29)16-31/h2-9,12-13,20,33-34H,10-11,14-17H2,1H3. The van der Waals surface area contributed by atoms with Gasteiger partial charge >= 0.3 is 0 Å². The molecule has 2 heterocycles. The molecule has 0 bridgehead atoms. The molecule has 0 atom stereocenters. The van der Waals surface area contributed by atoms with Crippen molar-refractivity contribution < 1.29 is 23.7 Å². The van der Waals surface area contributed by atoms with Crippen molar-refractivity contribution in [1.29, 1.82) is 0 Å². The summed E-state index contributed by atoms with van der Waals surface area (Å²) in [5.74, 6) is 0.0584. The molecule has 182 valence electrons. The van der Waals surface area contributed by atoms with E-state index in [1.807, 2.05) is 47.9 Å². The largest absolute Gasteiger partial charge is 0.508 e. The van der Waals surface area contributed by atoms with Crippen LogP contribution in [0.2, 0.25) is 0 Å². The van der Waals surface area contributed by atoms with Gasteiger partial charge in [0.25, 0.3) is 0 Å². The third-order valence-corrected chi connectivity index (χ3v) is 6.72. The van der Waals surface area contributed by atoms with Gasteiger partial charge in [-0.1, -0.05) is 12.1 Å². The van der Waals surface area contributed by atoms with Gasteiger partial charge in [0.1, 0.15) is 18.1 Å². The van der Waals surface area contributed by atoms with Gasteiger partial charge in [-0.05, 0) is 66.1 Å². The lowest BCUT2D eigenvalue weighted by Gasteiger charge is -2.37. The minimum absolute atomic E-state index is 0.171. The smallest absolute Gasteiger partial charge is 0.166 e. The van der Waals surface area contributed by atoms with Crippen LogP contribution < -0.4 is 4.74 Å². The monoisotopic (exact) mass is 478 g/mol. The predicted molar refractivity (Wildman–Crippen MR) is 132 cm³/mol. The third-order valence-electron chi connectivity index (χ3n) is 6.72. The molecule has 7 heteroatoms. The Morgan fingerprint density at radius 1 is 1.00 bits per heavy atom. The number of aryl methyl sites for hydroxylation is 1. The number of aromatic hydroxyl groups is 2. The lowest BCUT2D eigenvalue weighted by molar-refractivity contribution is 0.0668. The fraction of sp³-hybridized carbons (Fsp3) is 0.286. The second-order valence-corrected chi connectivity index (χ2v) is 9.20. The number of phenolic OH excluding ortho intramolecular Hbond substituents is 2. The van der Waals surface area contributed by atoms with E-state index >= 15 is 0 Å². The molecule has 5 nitrogen and oxygen atoms in total. The fourth-order valence-corrected chi connectivity index (χ4v) is 4.80. The number of halogens is 2. The molecule has 0 saturated carbocycles. The zero-order valence-corrected chi connectivity index (χ0v) is 19.5. The SMILES string of the molecule is Cc1c(-c2ccc(O)cc2)n(Cc2ccc(OCCN3CC(CF)C3)cc2)c2cc(F)c(O)cc12. The summed E-state index contributed by atoms with van der Waals surface area (Å²) in [4.78, 5) is 2.18. The average molecular weight is 479 g/mol. The highest BCUT2D eigenvalue weighted by molar-refractivity contribution is 5.92. The molecular weight excluding hydrogens is 450 g/mol. The van der Waals surface area contributed by atoms with Gasteiger partial charge in [-0.3, -0.25) is 9.29 Å². The lowest BCUT2D eigenvalue weighted by atomic mass is 10.0. The average Bonchev–Trinajstić information content (AvgIpc) is 3.08.